The molecular weight excluding hydrogens is 232 g/mol. The van der Waals surface area contributed by atoms with Gasteiger partial charge in [0.1, 0.15) is 5.75 Å². The summed E-state index contributed by atoms with van der Waals surface area (Å²) in [7, 11) is 1.63. The van der Waals surface area contributed by atoms with Crippen molar-refractivity contribution in [3.63, 3.8) is 0 Å². The molecule has 1 unspecified atom stereocenters. The normalized spacial score (nSPS) is 14.2. The monoisotopic (exact) mass is 254 g/mol. The number of aliphatic hydroxyl groups excluding tert-OH is 2. The van der Waals surface area contributed by atoms with Gasteiger partial charge in [0.25, 0.3) is 0 Å². The molecule has 0 bridgehead atoms. The van der Waals surface area contributed by atoms with Crippen LogP contribution in [0.15, 0.2) is 24.3 Å². The highest BCUT2D eigenvalue weighted by atomic mass is 16.5. The molecule has 18 heavy (non-hydrogen) atoms. The van der Waals surface area contributed by atoms with E-state index in [9.17, 15) is 5.11 Å². The van der Waals surface area contributed by atoms with Gasteiger partial charge in [-0.2, -0.15) is 0 Å². The van der Waals surface area contributed by atoms with E-state index < -0.39 is 6.10 Å². The summed E-state index contributed by atoms with van der Waals surface area (Å²) in [6, 6.07) is 7.69. The van der Waals surface area contributed by atoms with E-state index in [-0.39, 0.29) is 12.5 Å². The molecule has 1 aromatic carbocycles. The molecule has 102 valence electrons. The fourth-order valence-corrected chi connectivity index (χ4v) is 1.61. The first-order valence-corrected chi connectivity index (χ1v) is 6.17. The van der Waals surface area contributed by atoms with Crippen LogP contribution in [0.5, 0.6) is 5.75 Å². The smallest absolute Gasteiger partial charge is 0.118 e. The highest BCUT2D eigenvalue weighted by Crippen LogP contribution is 2.13. The molecule has 4 nitrogen and oxygen atoms in total. The molecule has 2 N–H and O–H groups in total. The van der Waals surface area contributed by atoms with Crippen molar-refractivity contribution in [2.24, 2.45) is 5.92 Å². The second-order valence-electron chi connectivity index (χ2n) is 4.42. The Morgan fingerprint density at radius 1 is 1.22 bits per heavy atom. The quantitative estimate of drug-likeness (QED) is 0.739. The first-order chi connectivity index (χ1) is 8.67. The van der Waals surface area contributed by atoms with Crippen LogP contribution in [0.3, 0.4) is 0 Å². The van der Waals surface area contributed by atoms with E-state index in [1.54, 1.807) is 7.11 Å². The van der Waals surface area contributed by atoms with Crippen LogP contribution in [0.4, 0.5) is 0 Å². The first-order valence-electron chi connectivity index (χ1n) is 6.17. The van der Waals surface area contributed by atoms with E-state index >= 15 is 0 Å². The van der Waals surface area contributed by atoms with Crippen molar-refractivity contribution in [2.45, 2.75) is 26.1 Å². The van der Waals surface area contributed by atoms with Crippen LogP contribution in [0.1, 0.15) is 18.9 Å². The third kappa shape index (κ3) is 5.04. The summed E-state index contributed by atoms with van der Waals surface area (Å²) >= 11 is 0. The van der Waals surface area contributed by atoms with Crippen LogP contribution in [-0.4, -0.2) is 36.6 Å². The predicted molar refractivity (Wildman–Crippen MR) is 69.5 cm³/mol. The second kappa shape index (κ2) is 8.08. The summed E-state index contributed by atoms with van der Waals surface area (Å²) in [5.74, 6) is 0.848. The van der Waals surface area contributed by atoms with Crippen LogP contribution in [-0.2, 0) is 11.3 Å². The van der Waals surface area contributed by atoms with Crippen LogP contribution in [0.2, 0.25) is 0 Å². The molecule has 0 aromatic heterocycles. The lowest BCUT2D eigenvalue weighted by molar-refractivity contribution is 0.0181. The summed E-state index contributed by atoms with van der Waals surface area (Å²) in [6.07, 6.45) is -0.113. The fraction of sp³-hybridized carbons (Fsp3) is 0.571. The summed E-state index contributed by atoms with van der Waals surface area (Å²) in [5.41, 5.74) is 1.07. The van der Waals surface area contributed by atoms with Crippen LogP contribution in [0, 0.1) is 5.92 Å². The molecule has 0 fully saturated rings. The maximum atomic E-state index is 9.63. The molecule has 0 heterocycles. The maximum Gasteiger partial charge on any atom is 0.118 e. The van der Waals surface area contributed by atoms with Gasteiger partial charge in [0, 0.05) is 12.5 Å². The molecule has 4 heteroatoms. The van der Waals surface area contributed by atoms with Crippen LogP contribution in [0.25, 0.3) is 0 Å². The Bertz CT molecular complexity index is 323. The maximum absolute atomic E-state index is 9.63. The fourth-order valence-electron chi connectivity index (χ4n) is 1.61. The lowest BCUT2D eigenvalue weighted by atomic mass is 10.0. The predicted octanol–water partition coefficient (Wildman–Crippen LogP) is 1.59. The van der Waals surface area contributed by atoms with Gasteiger partial charge in [-0.05, 0) is 24.1 Å². The Balaban J connectivity index is 2.28. The number of aliphatic hydroxyl groups is 2. The molecule has 0 spiro atoms. The minimum absolute atomic E-state index is 0.00395. The molecule has 0 radical (unpaired) electrons. The summed E-state index contributed by atoms with van der Waals surface area (Å²) < 4.78 is 10.6. The zero-order chi connectivity index (χ0) is 13.4. The Kier molecular flexibility index (Phi) is 6.72. The minimum atomic E-state index is -0.508. The highest BCUT2D eigenvalue weighted by molar-refractivity contribution is 5.26. The SMILES string of the molecule is COc1ccc(COC[C@@H](C)C(O)CCO)cc1. The van der Waals surface area contributed by atoms with Crippen molar-refractivity contribution in [1.82, 2.24) is 0 Å². The summed E-state index contributed by atoms with van der Waals surface area (Å²) in [4.78, 5) is 0. The Morgan fingerprint density at radius 3 is 2.44 bits per heavy atom. The highest BCUT2D eigenvalue weighted by Gasteiger charge is 2.13. The average molecular weight is 254 g/mol. The molecule has 0 aliphatic heterocycles. The number of rotatable bonds is 8. The minimum Gasteiger partial charge on any atom is -0.497 e. The van der Waals surface area contributed by atoms with Crippen molar-refractivity contribution in [3.8, 4) is 5.75 Å². The molecule has 2 atom stereocenters. The van der Waals surface area contributed by atoms with E-state index in [0.717, 1.165) is 11.3 Å². The molecule has 0 saturated heterocycles. The van der Waals surface area contributed by atoms with Crippen LogP contribution < -0.4 is 4.74 Å². The van der Waals surface area contributed by atoms with Gasteiger partial charge < -0.3 is 19.7 Å². The largest absolute Gasteiger partial charge is 0.497 e. The second-order valence-corrected chi connectivity index (χ2v) is 4.42. The Morgan fingerprint density at radius 2 is 1.89 bits per heavy atom. The molecule has 1 aromatic rings. The van der Waals surface area contributed by atoms with E-state index in [0.29, 0.717) is 19.6 Å². The van der Waals surface area contributed by atoms with Crippen molar-refractivity contribution in [1.29, 1.82) is 0 Å². The van der Waals surface area contributed by atoms with Gasteiger partial charge in [0.2, 0.25) is 0 Å². The van der Waals surface area contributed by atoms with E-state index in [2.05, 4.69) is 0 Å². The zero-order valence-electron chi connectivity index (χ0n) is 11.0. The van der Waals surface area contributed by atoms with Gasteiger partial charge in [-0.3, -0.25) is 0 Å². The van der Waals surface area contributed by atoms with Crippen LogP contribution >= 0.6 is 0 Å². The molecule has 0 saturated carbocycles. The molecular formula is C14H22O4. The first kappa shape index (κ1) is 15.0. The average Bonchev–Trinajstić information content (AvgIpc) is 2.39. The number of ether oxygens (including phenoxy) is 2. The Labute approximate surface area is 108 Å². The van der Waals surface area contributed by atoms with Gasteiger partial charge >= 0.3 is 0 Å². The van der Waals surface area contributed by atoms with E-state index in [4.69, 9.17) is 14.6 Å². The topological polar surface area (TPSA) is 58.9 Å². The zero-order valence-corrected chi connectivity index (χ0v) is 11.0. The molecule has 0 aliphatic carbocycles. The third-order valence-electron chi connectivity index (χ3n) is 2.89. The summed E-state index contributed by atoms with van der Waals surface area (Å²) in [6.45, 7) is 2.91. The van der Waals surface area contributed by atoms with Gasteiger partial charge in [-0.1, -0.05) is 19.1 Å². The Hall–Kier alpha value is -1.10. The molecule has 1 rings (SSSR count). The van der Waals surface area contributed by atoms with Gasteiger partial charge in [-0.25, -0.2) is 0 Å². The molecule has 0 amide bonds. The van der Waals surface area contributed by atoms with E-state index in [1.165, 1.54) is 0 Å². The summed E-state index contributed by atoms with van der Waals surface area (Å²) in [5, 5.41) is 18.4. The molecule has 0 aliphatic rings. The number of methoxy groups -OCH3 is 1. The van der Waals surface area contributed by atoms with Gasteiger partial charge in [0.15, 0.2) is 0 Å². The number of hydrogen-bond acceptors (Lipinski definition) is 4. The lowest BCUT2D eigenvalue weighted by Gasteiger charge is -2.17. The standard InChI is InChI=1S/C14H22O4/c1-11(14(16)7-8-15)9-18-10-12-3-5-13(17-2)6-4-12/h3-6,11,14-16H,7-10H2,1-2H3/t11-,14?/m1/s1. The van der Waals surface area contributed by atoms with Gasteiger partial charge in [0.05, 0.1) is 26.4 Å². The number of hydrogen-bond donors (Lipinski definition) is 2. The number of benzene rings is 1. The van der Waals surface area contributed by atoms with E-state index in [1.807, 2.05) is 31.2 Å². The van der Waals surface area contributed by atoms with Crippen molar-refractivity contribution in [2.75, 3.05) is 20.3 Å². The van der Waals surface area contributed by atoms with Gasteiger partial charge in [-0.15, -0.1) is 0 Å². The lowest BCUT2D eigenvalue weighted by Crippen LogP contribution is -2.23. The van der Waals surface area contributed by atoms with Crippen molar-refractivity contribution < 1.29 is 19.7 Å². The van der Waals surface area contributed by atoms with Crippen molar-refractivity contribution >= 4 is 0 Å². The van der Waals surface area contributed by atoms with Crippen molar-refractivity contribution in [3.05, 3.63) is 29.8 Å². The third-order valence-corrected chi connectivity index (χ3v) is 2.89.